The molecule has 0 spiro atoms. The summed E-state index contributed by atoms with van der Waals surface area (Å²) < 4.78 is 20.9. The van der Waals surface area contributed by atoms with E-state index in [-0.39, 0.29) is 16.8 Å². The molecule has 0 unspecified atom stereocenters. The maximum atomic E-state index is 15.2. The number of aromatic nitrogens is 1. The average molecular weight is 386 g/mol. The first kappa shape index (κ1) is 19.1. The second-order valence-electron chi connectivity index (χ2n) is 6.05. The summed E-state index contributed by atoms with van der Waals surface area (Å²) in [6.07, 6.45) is 2.33. The molecule has 6 heteroatoms. The van der Waals surface area contributed by atoms with Crippen molar-refractivity contribution >= 4 is 17.4 Å². The maximum Gasteiger partial charge on any atom is 0.181 e. The fourth-order valence-electron chi connectivity index (χ4n) is 2.78. The van der Waals surface area contributed by atoms with Crippen molar-refractivity contribution in [3.63, 3.8) is 0 Å². The highest BCUT2D eigenvalue weighted by Gasteiger charge is 2.21. The van der Waals surface area contributed by atoms with Gasteiger partial charge in [0.15, 0.2) is 11.6 Å². The molecule has 27 heavy (non-hydrogen) atoms. The summed E-state index contributed by atoms with van der Waals surface area (Å²) in [4.78, 5) is 4.29. The van der Waals surface area contributed by atoms with E-state index in [2.05, 4.69) is 10.3 Å². The summed E-state index contributed by atoms with van der Waals surface area (Å²) >= 11 is 6.19. The molecule has 0 aliphatic heterocycles. The van der Waals surface area contributed by atoms with E-state index in [9.17, 15) is 0 Å². The topological polar surface area (TPSA) is 60.2 Å². The van der Waals surface area contributed by atoms with Gasteiger partial charge in [0.25, 0.3) is 0 Å². The molecule has 2 aromatic carbocycles. The lowest BCUT2D eigenvalue weighted by Gasteiger charge is -2.21. The monoisotopic (exact) mass is 385 g/mol. The molecule has 0 amide bonds. The van der Waals surface area contributed by atoms with Crippen molar-refractivity contribution < 1.29 is 9.13 Å². The quantitative estimate of drug-likeness (QED) is 0.548. The van der Waals surface area contributed by atoms with E-state index in [1.54, 1.807) is 30.5 Å². The van der Waals surface area contributed by atoms with E-state index >= 15 is 4.39 Å². The number of hydrogen-bond acceptors (Lipinski definition) is 4. The van der Waals surface area contributed by atoms with Crippen molar-refractivity contribution in [3.8, 4) is 11.5 Å². The molecule has 0 saturated heterocycles. The highest BCUT2D eigenvalue weighted by molar-refractivity contribution is 6.32. The van der Waals surface area contributed by atoms with Crippen LogP contribution in [0.25, 0.3) is 0 Å². The van der Waals surface area contributed by atoms with Gasteiger partial charge in [0.1, 0.15) is 11.6 Å². The number of nitrogens with one attached hydrogen (secondary N) is 1. The van der Waals surface area contributed by atoms with Crippen LogP contribution in [0.4, 0.5) is 10.2 Å². The van der Waals surface area contributed by atoms with Gasteiger partial charge in [-0.25, -0.2) is 9.37 Å². The summed E-state index contributed by atoms with van der Waals surface area (Å²) in [5.41, 5.74) is 7.10. The number of para-hydroxylation sites is 1. The molecule has 140 valence electrons. The number of nitrogens with zero attached hydrogens (tertiary/aromatic N) is 1. The molecule has 3 rings (SSSR count). The number of nitrogens with two attached hydrogens (primary N) is 1. The van der Waals surface area contributed by atoms with Crippen LogP contribution in [0.3, 0.4) is 0 Å². The Morgan fingerprint density at radius 3 is 2.67 bits per heavy atom. The third-order valence-electron chi connectivity index (χ3n) is 4.21. The van der Waals surface area contributed by atoms with E-state index in [0.717, 1.165) is 5.56 Å². The number of pyridine rings is 1. The Morgan fingerprint density at radius 2 is 1.96 bits per heavy atom. The molecule has 1 aromatic heterocycles. The molecule has 1 heterocycles. The highest BCUT2D eigenvalue weighted by Crippen LogP contribution is 2.37. The smallest absolute Gasteiger partial charge is 0.181 e. The summed E-state index contributed by atoms with van der Waals surface area (Å²) in [5.74, 6) is 0.698. The van der Waals surface area contributed by atoms with Crippen LogP contribution in [0.15, 0.2) is 60.8 Å². The Labute approximate surface area is 163 Å². The first-order chi connectivity index (χ1) is 13.1. The summed E-state index contributed by atoms with van der Waals surface area (Å²) in [6, 6.07) is 15.7. The van der Waals surface area contributed by atoms with Crippen LogP contribution in [0.5, 0.6) is 11.5 Å². The van der Waals surface area contributed by atoms with Gasteiger partial charge in [0, 0.05) is 18.3 Å². The molecule has 0 fully saturated rings. The average Bonchev–Trinajstić information content (AvgIpc) is 2.71. The molecule has 0 saturated carbocycles. The Bertz CT molecular complexity index is 905. The predicted octanol–water partition coefficient (Wildman–Crippen LogP) is 5.69. The van der Waals surface area contributed by atoms with Gasteiger partial charge in [-0.05, 0) is 42.3 Å². The standard InChI is InChI=1S/C21H21ClFN3O/c1-2-18(26-19-12-14(13-24)10-11-25-19)16-8-9-17(22)21(20(16)23)27-15-6-4-3-5-7-15/h3-12,18H,2,13,24H2,1H3,(H,25,26)/t18-/m1/s1. The zero-order valence-corrected chi connectivity index (χ0v) is 15.7. The Morgan fingerprint density at radius 1 is 1.19 bits per heavy atom. The number of benzene rings is 2. The van der Waals surface area contributed by atoms with Crippen LogP contribution in [-0.4, -0.2) is 4.98 Å². The van der Waals surface area contributed by atoms with E-state index in [1.807, 2.05) is 37.3 Å². The lowest BCUT2D eigenvalue weighted by atomic mass is 10.0. The van der Waals surface area contributed by atoms with Crippen molar-refractivity contribution in [3.05, 3.63) is 82.8 Å². The van der Waals surface area contributed by atoms with Crippen LogP contribution in [0, 0.1) is 5.82 Å². The number of halogens is 2. The minimum absolute atomic E-state index is 0.0179. The highest BCUT2D eigenvalue weighted by atomic mass is 35.5. The van der Waals surface area contributed by atoms with E-state index < -0.39 is 5.82 Å². The Hall–Kier alpha value is -2.63. The van der Waals surface area contributed by atoms with Gasteiger partial charge in [-0.2, -0.15) is 0 Å². The minimum Gasteiger partial charge on any atom is -0.453 e. The van der Waals surface area contributed by atoms with Gasteiger partial charge < -0.3 is 15.8 Å². The summed E-state index contributed by atoms with van der Waals surface area (Å²) in [7, 11) is 0. The van der Waals surface area contributed by atoms with E-state index in [0.29, 0.717) is 30.1 Å². The van der Waals surface area contributed by atoms with Crippen molar-refractivity contribution in [1.29, 1.82) is 0 Å². The molecule has 3 aromatic rings. The first-order valence-electron chi connectivity index (χ1n) is 8.74. The molecular weight excluding hydrogens is 365 g/mol. The molecule has 0 aliphatic carbocycles. The maximum absolute atomic E-state index is 15.2. The van der Waals surface area contributed by atoms with Crippen LogP contribution < -0.4 is 15.8 Å². The molecule has 0 radical (unpaired) electrons. The van der Waals surface area contributed by atoms with Gasteiger partial charge in [-0.1, -0.05) is 42.8 Å². The molecule has 0 aliphatic rings. The normalized spacial score (nSPS) is 11.9. The van der Waals surface area contributed by atoms with Crippen LogP contribution >= 0.6 is 11.6 Å². The zero-order chi connectivity index (χ0) is 19.2. The molecule has 3 N–H and O–H groups in total. The summed E-state index contributed by atoms with van der Waals surface area (Å²) in [6.45, 7) is 2.38. The second kappa shape index (κ2) is 8.84. The first-order valence-corrected chi connectivity index (χ1v) is 9.12. The van der Waals surface area contributed by atoms with Gasteiger partial charge in [0.05, 0.1) is 11.1 Å². The third-order valence-corrected chi connectivity index (χ3v) is 4.51. The van der Waals surface area contributed by atoms with Crippen molar-refractivity contribution in [2.24, 2.45) is 5.73 Å². The van der Waals surface area contributed by atoms with Crippen LogP contribution in [0.1, 0.15) is 30.5 Å². The summed E-state index contributed by atoms with van der Waals surface area (Å²) in [5, 5.41) is 3.49. The molecule has 4 nitrogen and oxygen atoms in total. The Kier molecular flexibility index (Phi) is 6.27. The van der Waals surface area contributed by atoms with Gasteiger partial charge in [0.2, 0.25) is 0 Å². The molecule has 0 bridgehead atoms. The SMILES string of the molecule is CC[C@@H](Nc1cc(CN)ccn1)c1ccc(Cl)c(Oc2ccccc2)c1F. The van der Waals surface area contributed by atoms with Crippen LogP contribution in [0.2, 0.25) is 5.02 Å². The predicted molar refractivity (Wildman–Crippen MR) is 107 cm³/mol. The number of ether oxygens (including phenoxy) is 1. The number of rotatable bonds is 7. The Balaban J connectivity index is 1.90. The number of hydrogen-bond donors (Lipinski definition) is 2. The lowest BCUT2D eigenvalue weighted by Crippen LogP contribution is -2.13. The minimum atomic E-state index is -0.485. The van der Waals surface area contributed by atoms with E-state index in [1.165, 1.54) is 0 Å². The third kappa shape index (κ3) is 4.56. The van der Waals surface area contributed by atoms with Crippen molar-refractivity contribution in [2.75, 3.05) is 5.32 Å². The second-order valence-corrected chi connectivity index (χ2v) is 6.46. The lowest BCUT2D eigenvalue weighted by molar-refractivity contribution is 0.436. The fraction of sp³-hybridized carbons (Fsp3) is 0.190. The zero-order valence-electron chi connectivity index (χ0n) is 15.0. The van der Waals surface area contributed by atoms with Gasteiger partial charge in [-0.3, -0.25) is 0 Å². The number of anilines is 1. The van der Waals surface area contributed by atoms with Crippen LogP contribution in [-0.2, 0) is 6.54 Å². The van der Waals surface area contributed by atoms with Gasteiger partial charge in [-0.15, -0.1) is 0 Å². The molecular formula is C21H21ClFN3O. The van der Waals surface area contributed by atoms with Crippen molar-refractivity contribution in [1.82, 2.24) is 4.98 Å². The largest absolute Gasteiger partial charge is 0.453 e. The van der Waals surface area contributed by atoms with E-state index in [4.69, 9.17) is 22.1 Å². The molecule has 1 atom stereocenters. The fourth-order valence-corrected chi connectivity index (χ4v) is 2.96. The van der Waals surface area contributed by atoms with Gasteiger partial charge >= 0.3 is 0 Å². The van der Waals surface area contributed by atoms with Crippen molar-refractivity contribution in [2.45, 2.75) is 25.9 Å².